The van der Waals surface area contributed by atoms with Gasteiger partial charge in [0.15, 0.2) is 0 Å². The first-order chi connectivity index (χ1) is 11.4. The van der Waals surface area contributed by atoms with Crippen molar-refractivity contribution in [1.29, 1.82) is 0 Å². The first-order valence-electron chi connectivity index (χ1n) is 7.44. The Labute approximate surface area is 146 Å². The van der Waals surface area contributed by atoms with Crippen LogP contribution in [-0.4, -0.2) is 20.7 Å². The predicted molar refractivity (Wildman–Crippen MR) is 96.6 cm³/mol. The van der Waals surface area contributed by atoms with Crippen molar-refractivity contribution in [3.63, 3.8) is 0 Å². The molecule has 0 saturated heterocycles. The molecule has 0 aliphatic carbocycles. The van der Waals surface area contributed by atoms with Gasteiger partial charge in [-0.3, -0.25) is 9.10 Å². The summed E-state index contributed by atoms with van der Waals surface area (Å²) in [6.07, 6.45) is 1.50. The van der Waals surface area contributed by atoms with Gasteiger partial charge in [0, 0.05) is 11.6 Å². The Morgan fingerprint density at radius 1 is 1.21 bits per heavy atom. The number of carbonyl (C=O) groups excluding carboxylic acids is 1. The van der Waals surface area contributed by atoms with Crippen LogP contribution in [0.4, 0.5) is 5.69 Å². The van der Waals surface area contributed by atoms with E-state index < -0.39 is 15.9 Å². The summed E-state index contributed by atoms with van der Waals surface area (Å²) in [6, 6.07) is 14.0. The number of hydrogen-bond acceptors (Lipinski definition) is 3. The molecule has 0 bridgehead atoms. The zero-order chi connectivity index (χ0) is 17.3. The van der Waals surface area contributed by atoms with Gasteiger partial charge in [-0.05, 0) is 42.3 Å². The molecule has 6 heteroatoms. The van der Waals surface area contributed by atoms with Crippen LogP contribution in [0.1, 0.15) is 24.0 Å². The normalized spacial score (nSPS) is 17.2. The van der Waals surface area contributed by atoms with Crippen LogP contribution in [-0.2, 0) is 14.8 Å². The molecule has 2 aromatic carbocycles. The van der Waals surface area contributed by atoms with Crippen LogP contribution in [0, 0.1) is 0 Å². The van der Waals surface area contributed by atoms with Gasteiger partial charge in [0.05, 0.1) is 17.0 Å². The van der Waals surface area contributed by atoms with Crippen LogP contribution >= 0.6 is 11.6 Å². The summed E-state index contributed by atoms with van der Waals surface area (Å²) in [5.74, 6) is -0.463. The summed E-state index contributed by atoms with van der Waals surface area (Å²) in [6.45, 7) is 1.62. The molecular formula is C18H16ClNO3S. The molecule has 0 unspecified atom stereocenters. The quantitative estimate of drug-likeness (QED) is 0.831. The number of ketones is 1. The molecule has 3 rings (SSSR count). The van der Waals surface area contributed by atoms with Gasteiger partial charge in [-0.1, -0.05) is 41.9 Å². The molecule has 1 aliphatic heterocycles. The van der Waals surface area contributed by atoms with Crippen LogP contribution < -0.4 is 4.31 Å². The number of nitrogens with zero attached hydrogens (tertiary/aromatic N) is 1. The molecule has 1 atom stereocenters. The van der Waals surface area contributed by atoms with Crippen LogP contribution in [0.2, 0.25) is 5.02 Å². The predicted octanol–water partition coefficient (Wildman–Crippen LogP) is 3.83. The van der Waals surface area contributed by atoms with Gasteiger partial charge in [0.25, 0.3) is 10.0 Å². The molecule has 1 aliphatic rings. The lowest BCUT2D eigenvalue weighted by Crippen LogP contribution is -2.29. The highest BCUT2D eigenvalue weighted by molar-refractivity contribution is 7.95. The van der Waals surface area contributed by atoms with E-state index in [0.717, 1.165) is 11.0 Å². The molecule has 1 heterocycles. The van der Waals surface area contributed by atoms with Crippen molar-refractivity contribution < 1.29 is 13.2 Å². The van der Waals surface area contributed by atoms with Crippen LogP contribution in [0.15, 0.2) is 53.9 Å². The molecule has 24 heavy (non-hydrogen) atoms. The Morgan fingerprint density at radius 3 is 2.67 bits per heavy atom. The molecule has 124 valence electrons. The molecule has 0 N–H and O–H groups in total. The third kappa shape index (κ3) is 3.23. The number of hydrogen-bond donors (Lipinski definition) is 0. The summed E-state index contributed by atoms with van der Waals surface area (Å²) >= 11 is 5.91. The first-order valence-corrected chi connectivity index (χ1v) is 9.32. The topological polar surface area (TPSA) is 54.5 Å². The summed E-state index contributed by atoms with van der Waals surface area (Å²) in [4.78, 5) is 11.8. The van der Waals surface area contributed by atoms with E-state index in [4.69, 9.17) is 11.6 Å². The molecule has 0 fully saturated rings. The van der Waals surface area contributed by atoms with Crippen molar-refractivity contribution in [1.82, 2.24) is 0 Å². The van der Waals surface area contributed by atoms with E-state index in [0.29, 0.717) is 16.3 Å². The number of rotatable bonds is 4. The number of carbonyl (C=O) groups is 1. The van der Waals surface area contributed by atoms with E-state index in [-0.39, 0.29) is 12.3 Å². The van der Waals surface area contributed by atoms with Gasteiger partial charge in [-0.15, -0.1) is 0 Å². The van der Waals surface area contributed by atoms with Crippen LogP contribution in [0.25, 0.3) is 6.08 Å². The van der Waals surface area contributed by atoms with Crippen molar-refractivity contribution in [2.45, 2.75) is 12.8 Å². The molecule has 0 amide bonds. The van der Waals surface area contributed by atoms with Crippen LogP contribution in [0.5, 0.6) is 0 Å². The molecule has 0 aromatic heterocycles. The highest BCUT2D eigenvalue weighted by Crippen LogP contribution is 2.38. The maximum atomic E-state index is 12.7. The Morgan fingerprint density at radius 2 is 1.96 bits per heavy atom. The number of benzene rings is 2. The fourth-order valence-corrected chi connectivity index (χ4v) is 4.28. The Hall–Kier alpha value is -2.11. The minimum absolute atomic E-state index is 0.0426. The van der Waals surface area contributed by atoms with Crippen molar-refractivity contribution in [3.8, 4) is 0 Å². The fourth-order valence-electron chi connectivity index (χ4n) is 2.81. The second-order valence-electron chi connectivity index (χ2n) is 5.66. The molecule has 2 aromatic rings. The van der Waals surface area contributed by atoms with E-state index >= 15 is 0 Å². The van der Waals surface area contributed by atoms with E-state index in [1.807, 2.05) is 6.07 Å². The highest BCUT2D eigenvalue weighted by atomic mass is 35.5. The van der Waals surface area contributed by atoms with Crippen molar-refractivity contribution in [2.75, 3.05) is 10.8 Å². The summed E-state index contributed by atoms with van der Waals surface area (Å²) in [7, 11) is -3.69. The van der Waals surface area contributed by atoms with Gasteiger partial charge in [-0.25, -0.2) is 8.42 Å². The second-order valence-corrected chi connectivity index (χ2v) is 7.84. The third-order valence-electron chi connectivity index (χ3n) is 4.01. The lowest BCUT2D eigenvalue weighted by atomic mass is 9.98. The number of fused-ring (bicyclic) bond motifs is 1. The Balaban J connectivity index is 1.95. The molecule has 0 spiro atoms. The summed E-state index contributed by atoms with van der Waals surface area (Å²) < 4.78 is 26.7. The highest BCUT2D eigenvalue weighted by Gasteiger charge is 2.36. The largest absolute Gasteiger partial charge is 0.299 e. The van der Waals surface area contributed by atoms with E-state index in [1.54, 1.807) is 42.5 Å². The van der Waals surface area contributed by atoms with Gasteiger partial charge in [0.1, 0.15) is 5.78 Å². The number of sulfonamides is 1. The van der Waals surface area contributed by atoms with Crippen molar-refractivity contribution >= 4 is 39.2 Å². The maximum Gasteiger partial charge on any atom is 0.257 e. The number of Topliss-reactive ketones (excluding diaryl/α,β-unsaturated/α-hetero) is 1. The average molecular weight is 362 g/mol. The Kier molecular flexibility index (Phi) is 4.47. The summed E-state index contributed by atoms with van der Waals surface area (Å²) in [5, 5.41) is 1.69. The molecule has 0 saturated carbocycles. The molecule has 0 radical (unpaired) electrons. The van der Waals surface area contributed by atoms with Gasteiger partial charge < -0.3 is 0 Å². The van der Waals surface area contributed by atoms with Crippen LogP contribution in [0.3, 0.4) is 0 Å². The monoisotopic (exact) mass is 361 g/mol. The number of para-hydroxylation sites is 1. The minimum Gasteiger partial charge on any atom is -0.299 e. The lowest BCUT2D eigenvalue weighted by Gasteiger charge is -2.17. The van der Waals surface area contributed by atoms with Crippen molar-refractivity contribution in [2.24, 2.45) is 0 Å². The van der Waals surface area contributed by atoms with Gasteiger partial charge in [-0.2, -0.15) is 0 Å². The zero-order valence-electron chi connectivity index (χ0n) is 13.0. The smallest absolute Gasteiger partial charge is 0.257 e. The van der Waals surface area contributed by atoms with Gasteiger partial charge in [0.2, 0.25) is 0 Å². The average Bonchev–Trinajstić information content (AvgIpc) is 2.94. The lowest BCUT2D eigenvalue weighted by molar-refractivity contribution is -0.118. The SMILES string of the molecule is CC(=O)[C@H]1CN(S(=O)(=O)/C=C/c2cccc(Cl)c2)c2ccccc21. The number of halogens is 1. The standard InChI is InChI=1S/C18H16ClNO3S/c1-13(21)17-12-20(18-8-3-2-7-16(17)18)24(22,23)10-9-14-5-4-6-15(19)11-14/h2-11,17H,12H2,1H3/b10-9+/t17-/m1/s1. The number of anilines is 1. The maximum absolute atomic E-state index is 12.7. The molecular weight excluding hydrogens is 346 g/mol. The third-order valence-corrected chi connectivity index (χ3v) is 5.68. The summed E-state index contributed by atoms with van der Waals surface area (Å²) in [5.41, 5.74) is 2.01. The Bertz CT molecular complexity index is 921. The van der Waals surface area contributed by atoms with Gasteiger partial charge >= 0.3 is 0 Å². The first kappa shape index (κ1) is 16.7. The van der Waals surface area contributed by atoms with E-state index in [2.05, 4.69) is 0 Å². The second kappa shape index (κ2) is 6.42. The molecule has 4 nitrogen and oxygen atoms in total. The zero-order valence-corrected chi connectivity index (χ0v) is 14.6. The minimum atomic E-state index is -3.69. The van der Waals surface area contributed by atoms with E-state index in [9.17, 15) is 13.2 Å². The van der Waals surface area contributed by atoms with Crippen molar-refractivity contribution in [3.05, 3.63) is 70.1 Å². The fraction of sp³-hybridized carbons (Fsp3) is 0.167. The van der Waals surface area contributed by atoms with E-state index in [1.165, 1.54) is 17.3 Å².